The number of carbonyl (C=O) groups excluding carboxylic acids is 2. The first-order chi connectivity index (χ1) is 15.4. The van der Waals surface area contributed by atoms with Crippen molar-refractivity contribution in [2.24, 2.45) is 0 Å². The molecule has 1 fully saturated rings. The number of epoxide rings is 1. The summed E-state index contributed by atoms with van der Waals surface area (Å²) in [7, 11) is 0. The maximum Gasteiger partial charge on any atom is 0.265 e. The van der Waals surface area contributed by atoms with Gasteiger partial charge < -0.3 is 9.47 Å². The number of imide groups is 1. The van der Waals surface area contributed by atoms with E-state index in [0.717, 1.165) is 5.56 Å². The van der Waals surface area contributed by atoms with Crippen LogP contribution in [-0.4, -0.2) is 31.1 Å². The van der Waals surface area contributed by atoms with Crippen LogP contribution in [-0.2, 0) is 10.2 Å². The molecule has 1 unspecified atom stereocenters. The SMILES string of the molecule is CC(C)(C)c1c(OCC2CO2)cccc1N(C(=O)c1ccccc1)C(=O)c1ccccc1. The molecular weight excluding hydrogens is 402 g/mol. The Hall–Kier alpha value is -3.44. The molecule has 0 bridgehead atoms. The number of amides is 2. The van der Waals surface area contributed by atoms with Crippen molar-refractivity contribution in [1.82, 2.24) is 0 Å². The number of carbonyl (C=O) groups is 2. The van der Waals surface area contributed by atoms with Crippen molar-refractivity contribution >= 4 is 17.5 Å². The lowest BCUT2D eigenvalue weighted by Crippen LogP contribution is -2.39. The first-order valence-electron chi connectivity index (χ1n) is 10.7. The predicted molar refractivity (Wildman–Crippen MR) is 124 cm³/mol. The summed E-state index contributed by atoms with van der Waals surface area (Å²) in [5, 5.41) is 0. The number of rotatable bonds is 6. The smallest absolute Gasteiger partial charge is 0.265 e. The number of hydrogen-bond donors (Lipinski definition) is 0. The summed E-state index contributed by atoms with van der Waals surface area (Å²) in [6, 6.07) is 23.2. The van der Waals surface area contributed by atoms with Crippen LogP contribution in [0.15, 0.2) is 78.9 Å². The third kappa shape index (κ3) is 4.73. The molecule has 0 N–H and O–H groups in total. The molecule has 0 aromatic heterocycles. The summed E-state index contributed by atoms with van der Waals surface area (Å²) in [6.07, 6.45) is 0.0967. The Balaban J connectivity index is 1.85. The normalized spacial score (nSPS) is 15.2. The van der Waals surface area contributed by atoms with Crippen LogP contribution in [0.25, 0.3) is 0 Å². The predicted octanol–water partition coefficient (Wildman–Crippen LogP) is 5.25. The van der Waals surface area contributed by atoms with E-state index in [0.29, 0.717) is 35.8 Å². The highest BCUT2D eigenvalue weighted by Crippen LogP contribution is 2.40. The molecule has 2 amide bonds. The summed E-state index contributed by atoms with van der Waals surface area (Å²) in [5.74, 6) is -0.113. The number of anilines is 1. The van der Waals surface area contributed by atoms with E-state index in [2.05, 4.69) is 0 Å². The van der Waals surface area contributed by atoms with Crippen LogP contribution in [0.4, 0.5) is 5.69 Å². The number of ether oxygens (including phenoxy) is 2. The van der Waals surface area contributed by atoms with Crippen molar-refractivity contribution in [2.75, 3.05) is 18.1 Å². The lowest BCUT2D eigenvalue weighted by atomic mass is 9.84. The Bertz CT molecular complexity index is 1050. The van der Waals surface area contributed by atoms with Crippen LogP contribution in [0.1, 0.15) is 47.1 Å². The molecule has 0 saturated carbocycles. The van der Waals surface area contributed by atoms with Gasteiger partial charge in [0.15, 0.2) is 0 Å². The zero-order valence-corrected chi connectivity index (χ0v) is 18.6. The number of benzene rings is 3. The van der Waals surface area contributed by atoms with Crippen molar-refractivity contribution < 1.29 is 19.1 Å². The monoisotopic (exact) mass is 429 g/mol. The first kappa shape index (κ1) is 21.8. The summed E-state index contributed by atoms with van der Waals surface area (Å²) in [6.45, 7) is 7.26. The van der Waals surface area contributed by atoms with Gasteiger partial charge in [-0.25, -0.2) is 4.90 Å². The van der Waals surface area contributed by atoms with Crippen LogP contribution in [0.3, 0.4) is 0 Å². The quantitative estimate of drug-likeness (QED) is 0.397. The van der Waals surface area contributed by atoms with E-state index in [1.165, 1.54) is 4.90 Å². The van der Waals surface area contributed by atoms with E-state index in [-0.39, 0.29) is 23.3 Å². The Morgan fingerprint density at radius 3 is 1.88 bits per heavy atom. The summed E-state index contributed by atoms with van der Waals surface area (Å²) in [5.41, 5.74) is 1.81. The van der Waals surface area contributed by atoms with Crippen molar-refractivity contribution in [3.8, 4) is 5.75 Å². The molecule has 4 rings (SSSR count). The molecule has 3 aromatic carbocycles. The van der Waals surface area contributed by atoms with E-state index < -0.39 is 0 Å². The van der Waals surface area contributed by atoms with Gasteiger partial charge in [-0.05, 0) is 41.8 Å². The van der Waals surface area contributed by atoms with Crippen LogP contribution >= 0.6 is 0 Å². The zero-order valence-electron chi connectivity index (χ0n) is 18.6. The zero-order chi connectivity index (χ0) is 22.7. The molecule has 1 aliphatic rings. The lowest BCUT2D eigenvalue weighted by Gasteiger charge is -2.31. The van der Waals surface area contributed by atoms with E-state index >= 15 is 0 Å². The molecule has 5 nitrogen and oxygen atoms in total. The van der Waals surface area contributed by atoms with Gasteiger partial charge in [-0.15, -0.1) is 0 Å². The third-order valence-corrected chi connectivity index (χ3v) is 5.27. The molecule has 0 radical (unpaired) electrons. The fourth-order valence-corrected chi connectivity index (χ4v) is 3.66. The molecule has 0 aliphatic carbocycles. The second-order valence-electron chi connectivity index (χ2n) is 8.84. The van der Waals surface area contributed by atoms with Crippen LogP contribution in [0.5, 0.6) is 5.75 Å². The second kappa shape index (κ2) is 8.97. The van der Waals surface area contributed by atoms with Gasteiger partial charge in [0.25, 0.3) is 11.8 Å². The number of hydrogen-bond acceptors (Lipinski definition) is 4. The fourth-order valence-electron chi connectivity index (χ4n) is 3.66. The standard InChI is InChI=1S/C27H27NO4/c1-27(2,3)24-22(15-10-16-23(24)32-18-21-17-31-21)28(25(29)19-11-6-4-7-12-19)26(30)20-13-8-5-9-14-20/h4-16,21H,17-18H2,1-3H3. The Morgan fingerprint density at radius 1 is 0.875 bits per heavy atom. The largest absolute Gasteiger partial charge is 0.490 e. The molecule has 1 aliphatic heterocycles. The highest BCUT2D eigenvalue weighted by atomic mass is 16.6. The molecule has 5 heteroatoms. The molecule has 1 atom stereocenters. The van der Waals surface area contributed by atoms with Gasteiger partial charge in [-0.1, -0.05) is 63.2 Å². The van der Waals surface area contributed by atoms with E-state index in [1.54, 1.807) is 48.5 Å². The summed E-state index contributed by atoms with van der Waals surface area (Å²) < 4.78 is 11.4. The van der Waals surface area contributed by atoms with Crippen LogP contribution < -0.4 is 9.64 Å². The van der Waals surface area contributed by atoms with Crippen molar-refractivity contribution in [3.05, 3.63) is 95.6 Å². The minimum Gasteiger partial charge on any atom is -0.490 e. The topological polar surface area (TPSA) is 59.1 Å². The Morgan fingerprint density at radius 2 is 1.41 bits per heavy atom. The van der Waals surface area contributed by atoms with Gasteiger partial charge in [0.05, 0.1) is 12.3 Å². The van der Waals surface area contributed by atoms with E-state index in [4.69, 9.17) is 9.47 Å². The van der Waals surface area contributed by atoms with Gasteiger partial charge in [-0.2, -0.15) is 0 Å². The highest BCUT2D eigenvalue weighted by Gasteiger charge is 2.33. The Kier molecular flexibility index (Phi) is 6.10. The van der Waals surface area contributed by atoms with Crippen LogP contribution in [0.2, 0.25) is 0 Å². The van der Waals surface area contributed by atoms with E-state index in [9.17, 15) is 9.59 Å². The second-order valence-corrected chi connectivity index (χ2v) is 8.84. The molecule has 1 saturated heterocycles. The van der Waals surface area contributed by atoms with Crippen molar-refractivity contribution in [3.63, 3.8) is 0 Å². The fraction of sp³-hybridized carbons (Fsp3) is 0.259. The summed E-state index contributed by atoms with van der Waals surface area (Å²) in [4.78, 5) is 28.6. The summed E-state index contributed by atoms with van der Waals surface area (Å²) >= 11 is 0. The maximum absolute atomic E-state index is 13.7. The maximum atomic E-state index is 13.7. The van der Waals surface area contributed by atoms with E-state index in [1.807, 2.05) is 51.1 Å². The minimum atomic E-state index is -0.386. The lowest BCUT2D eigenvalue weighted by molar-refractivity contribution is 0.0897. The van der Waals surface area contributed by atoms with Crippen molar-refractivity contribution in [2.45, 2.75) is 32.3 Å². The molecule has 1 heterocycles. The minimum absolute atomic E-state index is 0.0967. The van der Waals surface area contributed by atoms with Crippen molar-refractivity contribution in [1.29, 1.82) is 0 Å². The molecular formula is C27H27NO4. The van der Waals surface area contributed by atoms with Gasteiger partial charge in [0.2, 0.25) is 0 Å². The average Bonchev–Trinajstić information content (AvgIpc) is 3.63. The number of nitrogens with zero attached hydrogens (tertiary/aromatic N) is 1. The van der Waals surface area contributed by atoms with Crippen LogP contribution in [0, 0.1) is 0 Å². The molecule has 164 valence electrons. The van der Waals surface area contributed by atoms with Gasteiger partial charge in [0, 0.05) is 16.7 Å². The van der Waals surface area contributed by atoms with Gasteiger partial charge >= 0.3 is 0 Å². The Labute approximate surface area is 188 Å². The highest BCUT2D eigenvalue weighted by molar-refractivity contribution is 6.26. The average molecular weight is 430 g/mol. The third-order valence-electron chi connectivity index (χ3n) is 5.27. The molecule has 0 spiro atoms. The van der Waals surface area contributed by atoms with Gasteiger partial charge in [-0.3, -0.25) is 9.59 Å². The first-order valence-corrected chi connectivity index (χ1v) is 10.7. The molecule has 32 heavy (non-hydrogen) atoms. The molecule has 3 aromatic rings. The van der Waals surface area contributed by atoms with Gasteiger partial charge in [0.1, 0.15) is 18.5 Å².